The molecule has 0 unspecified atom stereocenters. The molecule has 4 heteroatoms. The van der Waals surface area contributed by atoms with Crippen molar-refractivity contribution in [3.05, 3.63) is 45.1 Å². The number of hydrogen-bond acceptors (Lipinski definition) is 3. The van der Waals surface area contributed by atoms with Crippen molar-refractivity contribution in [2.45, 2.75) is 20.8 Å². The Hall–Kier alpha value is -1.97. The van der Waals surface area contributed by atoms with Crippen LogP contribution in [0, 0.1) is 30.9 Å². The number of nitrogens with zero attached hydrogens (tertiary/aromatic N) is 2. The number of benzene rings is 1. The maximum absolute atomic E-state index is 11.0. The summed E-state index contributed by atoms with van der Waals surface area (Å²) < 4.78 is 0. The number of hydrogen-bond donors (Lipinski definition) is 0. The zero-order chi connectivity index (χ0) is 11.9. The molecule has 0 saturated heterocycles. The molecule has 0 saturated carbocycles. The van der Waals surface area contributed by atoms with Crippen LogP contribution in [-0.2, 0) is 0 Å². The summed E-state index contributed by atoms with van der Waals surface area (Å²) in [7, 11) is 0. The van der Waals surface area contributed by atoms with Crippen LogP contribution < -0.4 is 0 Å². The van der Waals surface area contributed by atoms with Crippen molar-refractivity contribution in [2.24, 2.45) is 0 Å². The van der Waals surface area contributed by atoms with Crippen LogP contribution in [0.5, 0.6) is 0 Å². The van der Waals surface area contributed by atoms with Gasteiger partial charge in [0, 0.05) is 16.6 Å². The molecule has 0 aliphatic heterocycles. The highest BCUT2D eigenvalue weighted by atomic mass is 16.6. The number of aromatic nitrogens is 1. The lowest BCUT2D eigenvalue weighted by Crippen LogP contribution is -1.97. The first-order valence-electron chi connectivity index (χ1n) is 5.02. The standard InChI is InChI=1S/C12H12N2O2/c1-7-6-8(2)12(14(15)16)11-10(7)5-4-9(3)13-11/h4-6H,1-3H3. The summed E-state index contributed by atoms with van der Waals surface area (Å²) in [5.74, 6) is 0. The van der Waals surface area contributed by atoms with Gasteiger partial charge in [-0.05, 0) is 38.5 Å². The Balaban J connectivity index is 2.97. The van der Waals surface area contributed by atoms with E-state index >= 15 is 0 Å². The lowest BCUT2D eigenvalue weighted by atomic mass is 10.0. The second-order valence-corrected chi connectivity index (χ2v) is 3.96. The summed E-state index contributed by atoms with van der Waals surface area (Å²) >= 11 is 0. The Kier molecular flexibility index (Phi) is 2.34. The third kappa shape index (κ3) is 1.52. The van der Waals surface area contributed by atoms with Crippen LogP contribution in [-0.4, -0.2) is 9.91 Å². The molecular weight excluding hydrogens is 204 g/mol. The average Bonchev–Trinajstić information content (AvgIpc) is 2.15. The Bertz CT molecular complexity index is 591. The van der Waals surface area contributed by atoms with Crippen molar-refractivity contribution in [1.82, 2.24) is 4.98 Å². The lowest BCUT2D eigenvalue weighted by Gasteiger charge is -2.06. The first kappa shape index (κ1) is 10.5. The summed E-state index contributed by atoms with van der Waals surface area (Å²) in [5, 5.41) is 11.9. The van der Waals surface area contributed by atoms with Crippen LogP contribution in [0.4, 0.5) is 5.69 Å². The summed E-state index contributed by atoms with van der Waals surface area (Å²) in [6, 6.07) is 5.59. The zero-order valence-electron chi connectivity index (χ0n) is 9.44. The van der Waals surface area contributed by atoms with Gasteiger partial charge >= 0.3 is 0 Å². The maximum atomic E-state index is 11.0. The highest BCUT2D eigenvalue weighted by Crippen LogP contribution is 2.30. The summed E-state index contributed by atoms with van der Waals surface area (Å²) in [4.78, 5) is 14.9. The number of fused-ring (bicyclic) bond motifs is 1. The number of pyridine rings is 1. The van der Waals surface area contributed by atoms with E-state index in [1.54, 1.807) is 6.92 Å². The molecule has 2 aromatic rings. The van der Waals surface area contributed by atoms with Crippen LogP contribution >= 0.6 is 0 Å². The van der Waals surface area contributed by atoms with Gasteiger partial charge in [-0.25, -0.2) is 4.98 Å². The van der Waals surface area contributed by atoms with E-state index in [4.69, 9.17) is 0 Å². The topological polar surface area (TPSA) is 56.0 Å². The molecule has 0 aliphatic rings. The minimum Gasteiger partial charge on any atom is -0.258 e. The van der Waals surface area contributed by atoms with Crippen molar-refractivity contribution in [2.75, 3.05) is 0 Å². The number of rotatable bonds is 1. The van der Waals surface area contributed by atoms with Gasteiger partial charge in [0.05, 0.1) is 4.92 Å². The molecule has 0 aliphatic carbocycles. The number of aryl methyl sites for hydroxylation is 3. The summed E-state index contributed by atoms with van der Waals surface area (Å²) in [6.07, 6.45) is 0. The first-order valence-corrected chi connectivity index (χ1v) is 5.02. The molecule has 0 atom stereocenters. The maximum Gasteiger partial charge on any atom is 0.298 e. The Morgan fingerprint density at radius 1 is 1.19 bits per heavy atom. The second kappa shape index (κ2) is 3.56. The fourth-order valence-electron chi connectivity index (χ4n) is 1.94. The van der Waals surface area contributed by atoms with E-state index in [1.807, 2.05) is 32.0 Å². The van der Waals surface area contributed by atoms with Gasteiger partial charge in [0.25, 0.3) is 5.69 Å². The number of nitro benzene ring substituents is 1. The predicted octanol–water partition coefficient (Wildman–Crippen LogP) is 3.07. The fourth-order valence-corrected chi connectivity index (χ4v) is 1.94. The molecule has 2 rings (SSSR count). The zero-order valence-corrected chi connectivity index (χ0v) is 9.44. The van der Waals surface area contributed by atoms with Gasteiger partial charge in [0.15, 0.2) is 0 Å². The van der Waals surface area contributed by atoms with Gasteiger partial charge < -0.3 is 0 Å². The molecule has 0 amide bonds. The highest BCUT2D eigenvalue weighted by Gasteiger charge is 2.18. The number of nitro groups is 1. The van der Waals surface area contributed by atoms with Crippen LogP contribution in [0.1, 0.15) is 16.8 Å². The predicted molar refractivity (Wildman–Crippen MR) is 62.6 cm³/mol. The normalized spacial score (nSPS) is 10.7. The molecule has 1 aromatic carbocycles. The van der Waals surface area contributed by atoms with E-state index in [-0.39, 0.29) is 10.6 Å². The average molecular weight is 216 g/mol. The van der Waals surface area contributed by atoms with Crippen LogP contribution in [0.15, 0.2) is 18.2 Å². The molecule has 0 radical (unpaired) electrons. The van der Waals surface area contributed by atoms with E-state index in [0.29, 0.717) is 11.1 Å². The van der Waals surface area contributed by atoms with Crippen molar-refractivity contribution in [3.8, 4) is 0 Å². The molecule has 82 valence electrons. The lowest BCUT2D eigenvalue weighted by molar-refractivity contribution is -0.383. The van der Waals surface area contributed by atoms with E-state index in [1.165, 1.54) is 0 Å². The van der Waals surface area contributed by atoms with Crippen LogP contribution in [0.3, 0.4) is 0 Å². The Labute approximate surface area is 93.1 Å². The van der Waals surface area contributed by atoms with Gasteiger partial charge in [-0.1, -0.05) is 6.07 Å². The van der Waals surface area contributed by atoms with E-state index in [2.05, 4.69) is 4.98 Å². The molecule has 0 N–H and O–H groups in total. The van der Waals surface area contributed by atoms with Crippen molar-refractivity contribution in [1.29, 1.82) is 0 Å². The first-order chi connectivity index (χ1) is 7.50. The van der Waals surface area contributed by atoms with Crippen LogP contribution in [0.25, 0.3) is 10.9 Å². The highest BCUT2D eigenvalue weighted by molar-refractivity contribution is 5.91. The molecule has 16 heavy (non-hydrogen) atoms. The fraction of sp³-hybridized carbons (Fsp3) is 0.250. The van der Waals surface area contributed by atoms with Crippen molar-refractivity contribution < 1.29 is 4.92 Å². The molecule has 1 heterocycles. The third-order valence-electron chi connectivity index (χ3n) is 2.67. The van der Waals surface area contributed by atoms with Crippen LogP contribution in [0.2, 0.25) is 0 Å². The van der Waals surface area contributed by atoms with Crippen molar-refractivity contribution in [3.63, 3.8) is 0 Å². The molecule has 0 spiro atoms. The van der Waals surface area contributed by atoms with Gasteiger partial charge in [-0.15, -0.1) is 0 Å². The second-order valence-electron chi connectivity index (χ2n) is 3.96. The molecular formula is C12H12N2O2. The SMILES string of the molecule is Cc1ccc2c(C)cc(C)c([N+](=O)[O-])c2n1. The van der Waals surface area contributed by atoms with Gasteiger partial charge in [-0.3, -0.25) is 10.1 Å². The largest absolute Gasteiger partial charge is 0.298 e. The minimum atomic E-state index is -0.358. The molecule has 0 fully saturated rings. The van der Waals surface area contributed by atoms with E-state index in [0.717, 1.165) is 16.6 Å². The Morgan fingerprint density at radius 2 is 1.88 bits per heavy atom. The smallest absolute Gasteiger partial charge is 0.258 e. The van der Waals surface area contributed by atoms with E-state index < -0.39 is 0 Å². The molecule has 0 bridgehead atoms. The molecule has 4 nitrogen and oxygen atoms in total. The summed E-state index contributed by atoms with van der Waals surface area (Å²) in [6.45, 7) is 5.52. The Morgan fingerprint density at radius 3 is 2.50 bits per heavy atom. The quantitative estimate of drug-likeness (QED) is 0.543. The van der Waals surface area contributed by atoms with Gasteiger partial charge in [0.1, 0.15) is 5.52 Å². The minimum absolute atomic E-state index is 0.115. The molecule has 1 aromatic heterocycles. The monoisotopic (exact) mass is 216 g/mol. The van der Waals surface area contributed by atoms with Gasteiger partial charge in [0.2, 0.25) is 0 Å². The summed E-state index contributed by atoms with van der Waals surface area (Å²) in [5.41, 5.74) is 3.08. The van der Waals surface area contributed by atoms with Crippen molar-refractivity contribution >= 4 is 16.6 Å². The van der Waals surface area contributed by atoms with E-state index in [9.17, 15) is 10.1 Å². The van der Waals surface area contributed by atoms with Gasteiger partial charge in [-0.2, -0.15) is 0 Å². The third-order valence-corrected chi connectivity index (χ3v) is 2.67.